The summed E-state index contributed by atoms with van der Waals surface area (Å²) < 4.78 is 6.48. The highest BCUT2D eigenvalue weighted by Gasteiger charge is 2.32. The number of anilines is 1. The Balaban J connectivity index is 1.81. The van der Waals surface area contributed by atoms with Gasteiger partial charge in [0.15, 0.2) is 0 Å². The van der Waals surface area contributed by atoms with Gasteiger partial charge >= 0.3 is 0 Å². The van der Waals surface area contributed by atoms with E-state index in [0.717, 1.165) is 23.2 Å². The van der Waals surface area contributed by atoms with Gasteiger partial charge in [-0.2, -0.15) is 0 Å². The van der Waals surface area contributed by atoms with Gasteiger partial charge in [0.1, 0.15) is 6.61 Å². The van der Waals surface area contributed by atoms with Gasteiger partial charge in [0, 0.05) is 23.2 Å². The Bertz CT molecular complexity index is 419. The fourth-order valence-corrected chi connectivity index (χ4v) is 1.98. The smallest absolute Gasteiger partial charge is 0.250 e. The Morgan fingerprint density at radius 3 is 2.94 bits per heavy atom. The van der Waals surface area contributed by atoms with E-state index in [2.05, 4.69) is 26.6 Å². The van der Waals surface area contributed by atoms with Crippen LogP contribution in [0.3, 0.4) is 0 Å². The first-order chi connectivity index (χ1) is 8.07. The Labute approximate surface area is 109 Å². The van der Waals surface area contributed by atoms with Gasteiger partial charge in [-0.05, 0) is 25.1 Å². The van der Waals surface area contributed by atoms with Crippen LogP contribution in [-0.2, 0) is 9.53 Å². The topological polar surface area (TPSA) is 50.4 Å². The normalized spacial score (nSPS) is 17.3. The summed E-state index contributed by atoms with van der Waals surface area (Å²) in [4.78, 5) is 11.6. The molecule has 0 aliphatic carbocycles. The molecule has 5 heteroatoms. The van der Waals surface area contributed by atoms with Gasteiger partial charge in [-0.3, -0.25) is 4.79 Å². The lowest BCUT2D eigenvalue weighted by Gasteiger charge is -2.38. The van der Waals surface area contributed by atoms with E-state index in [-0.39, 0.29) is 18.1 Å². The SMILES string of the molecule is CC1(OCC(=O)Nc2cccc(Br)c2)CNC1. The summed E-state index contributed by atoms with van der Waals surface area (Å²) in [6.07, 6.45) is 0. The monoisotopic (exact) mass is 298 g/mol. The van der Waals surface area contributed by atoms with Gasteiger partial charge in [0.25, 0.3) is 0 Å². The molecule has 1 saturated heterocycles. The van der Waals surface area contributed by atoms with Crippen LogP contribution in [0, 0.1) is 0 Å². The van der Waals surface area contributed by atoms with E-state index in [1.54, 1.807) is 0 Å². The highest BCUT2D eigenvalue weighted by Crippen LogP contribution is 2.17. The van der Waals surface area contributed by atoms with Crippen molar-refractivity contribution in [2.75, 3.05) is 25.0 Å². The largest absolute Gasteiger partial charge is 0.363 e. The molecule has 4 nitrogen and oxygen atoms in total. The van der Waals surface area contributed by atoms with Crippen molar-refractivity contribution in [3.05, 3.63) is 28.7 Å². The summed E-state index contributed by atoms with van der Waals surface area (Å²) in [5, 5.41) is 5.91. The molecule has 1 aliphatic rings. The number of carbonyl (C=O) groups excluding carboxylic acids is 1. The van der Waals surface area contributed by atoms with E-state index < -0.39 is 0 Å². The molecule has 0 atom stereocenters. The van der Waals surface area contributed by atoms with Crippen LogP contribution in [-0.4, -0.2) is 31.2 Å². The van der Waals surface area contributed by atoms with Crippen molar-refractivity contribution < 1.29 is 9.53 Å². The van der Waals surface area contributed by atoms with Crippen LogP contribution in [0.2, 0.25) is 0 Å². The zero-order chi connectivity index (χ0) is 12.3. The molecular formula is C12H15BrN2O2. The van der Waals surface area contributed by atoms with Gasteiger partial charge in [-0.15, -0.1) is 0 Å². The van der Waals surface area contributed by atoms with Crippen molar-refractivity contribution in [3.8, 4) is 0 Å². The number of benzene rings is 1. The minimum Gasteiger partial charge on any atom is -0.363 e. The molecule has 0 bridgehead atoms. The van der Waals surface area contributed by atoms with E-state index in [1.807, 2.05) is 31.2 Å². The van der Waals surface area contributed by atoms with Crippen LogP contribution in [0.5, 0.6) is 0 Å². The molecule has 1 amide bonds. The number of hydrogen-bond acceptors (Lipinski definition) is 3. The Kier molecular flexibility index (Phi) is 3.81. The van der Waals surface area contributed by atoms with Crippen molar-refractivity contribution in [2.45, 2.75) is 12.5 Å². The van der Waals surface area contributed by atoms with Crippen LogP contribution in [0.4, 0.5) is 5.69 Å². The molecule has 1 aromatic rings. The predicted molar refractivity (Wildman–Crippen MR) is 70.0 cm³/mol. The van der Waals surface area contributed by atoms with Crippen molar-refractivity contribution in [1.29, 1.82) is 0 Å². The van der Waals surface area contributed by atoms with E-state index in [4.69, 9.17) is 4.74 Å². The lowest BCUT2D eigenvalue weighted by molar-refractivity contribution is -0.130. The molecule has 1 heterocycles. The number of nitrogens with one attached hydrogen (secondary N) is 2. The number of rotatable bonds is 4. The second-order valence-electron chi connectivity index (χ2n) is 4.40. The molecule has 0 unspecified atom stereocenters. The van der Waals surface area contributed by atoms with Crippen LogP contribution in [0.15, 0.2) is 28.7 Å². The van der Waals surface area contributed by atoms with Crippen LogP contribution in [0.1, 0.15) is 6.92 Å². The molecule has 92 valence electrons. The summed E-state index contributed by atoms with van der Waals surface area (Å²) in [5.41, 5.74) is 0.582. The van der Waals surface area contributed by atoms with Gasteiger partial charge < -0.3 is 15.4 Å². The van der Waals surface area contributed by atoms with E-state index >= 15 is 0 Å². The average molecular weight is 299 g/mol. The molecule has 1 aromatic carbocycles. The van der Waals surface area contributed by atoms with Crippen molar-refractivity contribution in [3.63, 3.8) is 0 Å². The molecule has 2 rings (SSSR count). The average Bonchev–Trinajstić information content (AvgIpc) is 2.24. The van der Waals surface area contributed by atoms with E-state index in [1.165, 1.54) is 0 Å². The first kappa shape index (κ1) is 12.5. The van der Waals surface area contributed by atoms with E-state index in [0.29, 0.717) is 0 Å². The third kappa shape index (κ3) is 3.52. The highest BCUT2D eigenvalue weighted by atomic mass is 79.9. The molecule has 2 N–H and O–H groups in total. The molecule has 0 aromatic heterocycles. The van der Waals surface area contributed by atoms with Crippen molar-refractivity contribution >= 4 is 27.5 Å². The second kappa shape index (κ2) is 5.16. The molecule has 1 aliphatic heterocycles. The summed E-state index contributed by atoms with van der Waals surface area (Å²) in [7, 11) is 0. The fourth-order valence-electron chi connectivity index (χ4n) is 1.58. The fraction of sp³-hybridized carbons (Fsp3) is 0.417. The molecule has 0 saturated carbocycles. The molecule has 1 fully saturated rings. The third-order valence-electron chi connectivity index (χ3n) is 2.66. The maximum absolute atomic E-state index is 11.6. The lowest BCUT2D eigenvalue weighted by Crippen LogP contribution is -2.59. The first-order valence-corrected chi connectivity index (χ1v) is 6.27. The molecule has 0 radical (unpaired) electrons. The minimum absolute atomic E-state index is 0.0880. The highest BCUT2D eigenvalue weighted by molar-refractivity contribution is 9.10. The third-order valence-corrected chi connectivity index (χ3v) is 3.15. The maximum Gasteiger partial charge on any atom is 0.250 e. The summed E-state index contributed by atoms with van der Waals surface area (Å²) in [6, 6.07) is 7.48. The number of hydrogen-bond donors (Lipinski definition) is 2. The number of halogens is 1. The molecule has 17 heavy (non-hydrogen) atoms. The summed E-state index contributed by atoms with van der Waals surface area (Å²) in [5.74, 6) is -0.128. The van der Waals surface area contributed by atoms with Crippen LogP contribution < -0.4 is 10.6 Å². The number of ether oxygens (including phenoxy) is 1. The second-order valence-corrected chi connectivity index (χ2v) is 5.32. The molecule has 0 spiro atoms. The zero-order valence-electron chi connectivity index (χ0n) is 9.63. The number of carbonyl (C=O) groups is 1. The molecular weight excluding hydrogens is 284 g/mol. The van der Waals surface area contributed by atoms with Crippen LogP contribution in [0.25, 0.3) is 0 Å². The minimum atomic E-state index is -0.186. The van der Waals surface area contributed by atoms with Gasteiger partial charge in [-0.1, -0.05) is 22.0 Å². The quantitative estimate of drug-likeness (QED) is 0.891. The Morgan fingerprint density at radius 1 is 1.59 bits per heavy atom. The zero-order valence-corrected chi connectivity index (χ0v) is 11.2. The Hall–Kier alpha value is -0.910. The van der Waals surface area contributed by atoms with Crippen LogP contribution >= 0.6 is 15.9 Å². The lowest BCUT2D eigenvalue weighted by atomic mass is 10.0. The van der Waals surface area contributed by atoms with E-state index in [9.17, 15) is 4.79 Å². The predicted octanol–water partition coefficient (Wildman–Crippen LogP) is 1.77. The number of amides is 1. The first-order valence-electron chi connectivity index (χ1n) is 5.48. The van der Waals surface area contributed by atoms with Gasteiger partial charge in [0.05, 0.1) is 5.60 Å². The standard InChI is InChI=1S/C12H15BrN2O2/c1-12(7-14-8-12)17-6-11(16)15-10-4-2-3-9(13)5-10/h2-5,14H,6-8H2,1H3,(H,15,16). The maximum atomic E-state index is 11.6. The Morgan fingerprint density at radius 2 is 2.35 bits per heavy atom. The van der Waals surface area contributed by atoms with Crippen molar-refractivity contribution in [1.82, 2.24) is 5.32 Å². The summed E-state index contributed by atoms with van der Waals surface area (Å²) in [6.45, 7) is 3.69. The van der Waals surface area contributed by atoms with Crippen molar-refractivity contribution in [2.24, 2.45) is 0 Å². The van der Waals surface area contributed by atoms with Gasteiger partial charge in [-0.25, -0.2) is 0 Å². The van der Waals surface area contributed by atoms with Gasteiger partial charge in [0.2, 0.25) is 5.91 Å². The summed E-state index contributed by atoms with van der Waals surface area (Å²) >= 11 is 3.35.